The Kier molecular flexibility index (Phi) is 6.08. The molecule has 0 aliphatic carbocycles. The Morgan fingerprint density at radius 2 is 2.00 bits per heavy atom. The number of anilines is 1. The van der Waals surface area contributed by atoms with E-state index in [9.17, 15) is 9.59 Å². The first-order valence-electron chi connectivity index (χ1n) is 8.55. The number of benzene rings is 1. The van der Waals surface area contributed by atoms with Gasteiger partial charge in [-0.2, -0.15) is 0 Å². The molecular weight excluding hydrogens is 380 g/mol. The van der Waals surface area contributed by atoms with Gasteiger partial charge in [-0.15, -0.1) is 21.5 Å². The molecule has 3 aromatic rings. The van der Waals surface area contributed by atoms with Crippen molar-refractivity contribution in [2.45, 2.75) is 37.7 Å². The lowest BCUT2D eigenvalue weighted by Gasteiger charge is -2.14. The lowest BCUT2D eigenvalue weighted by atomic mass is 10.1. The minimum Gasteiger partial charge on any atom is -0.324 e. The average molecular weight is 401 g/mol. The molecule has 1 N–H and O–H groups in total. The molecule has 0 saturated carbocycles. The first kappa shape index (κ1) is 19.3. The van der Waals surface area contributed by atoms with E-state index < -0.39 is 5.25 Å². The summed E-state index contributed by atoms with van der Waals surface area (Å²) in [5, 5.41) is 13.7. The van der Waals surface area contributed by atoms with Crippen LogP contribution in [-0.4, -0.2) is 31.7 Å². The third-order valence-corrected chi connectivity index (χ3v) is 5.94. The quantitative estimate of drug-likeness (QED) is 0.471. The molecule has 2 aromatic heterocycles. The number of rotatable bonds is 7. The second-order valence-electron chi connectivity index (χ2n) is 5.88. The van der Waals surface area contributed by atoms with E-state index in [0.29, 0.717) is 23.0 Å². The summed E-state index contributed by atoms with van der Waals surface area (Å²) in [5.74, 6) is 0.541. The normalized spacial score (nSPS) is 12.0. The second kappa shape index (κ2) is 8.49. The Labute approximate surface area is 166 Å². The predicted molar refractivity (Wildman–Crippen MR) is 109 cm³/mol. The summed E-state index contributed by atoms with van der Waals surface area (Å²) < 4.78 is 2.00. The van der Waals surface area contributed by atoms with Crippen molar-refractivity contribution in [3.8, 4) is 10.7 Å². The third-order valence-electron chi connectivity index (χ3n) is 3.99. The van der Waals surface area contributed by atoms with Crippen LogP contribution in [0.2, 0.25) is 0 Å². The summed E-state index contributed by atoms with van der Waals surface area (Å²) in [7, 11) is 0. The van der Waals surface area contributed by atoms with E-state index in [-0.39, 0.29) is 11.7 Å². The van der Waals surface area contributed by atoms with Gasteiger partial charge in [0.2, 0.25) is 5.91 Å². The predicted octanol–water partition coefficient (Wildman–Crippen LogP) is 4.35. The number of hydrogen-bond donors (Lipinski definition) is 1. The zero-order valence-electron chi connectivity index (χ0n) is 15.3. The molecule has 0 unspecified atom stereocenters. The molecule has 0 aliphatic rings. The molecule has 3 rings (SSSR count). The van der Waals surface area contributed by atoms with Crippen LogP contribution < -0.4 is 5.32 Å². The fourth-order valence-electron chi connectivity index (χ4n) is 2.59. The molecule has 8 heteroatoms. The van der Waals surface area contributed by atoms with E-state index in [4.69, 9.17) is 0 Å². The molecule has 140 valence electrons. The van der Waals surface area contributed by atoms with E-state index in [0.717, 1.165) is 10.7 Å². The number of aromatic nitrogens is 3. The van der Waals surface area contributed by atoms with Gasteiger partial charge in [0.25, 0.3) is 0 Å². The first-order chi connectivity index (χ1) is 13.0. The Morgan fingerprint density at radius 3 is 2.67 bits per heavy atom. The molecule has 0 radical (unpaired) electrons. The molecule has 0 saturated heterocycles. The number of thiophene rings is 1. The van der Waals surface area contributed by atoms with E-state index in [1.54, 1.807) is 35.6 Å². The number of amides is 1. The number of hydrogen-bond acceptors (Lipinski definition) is 6. The topological polar surface area (TPSA) is 76.9 Å². The van der Waals surface area contributed by atoms with Crippen LogP contribution in [-0.2, 0) is 11.3 Å². The van der Waals surface area contributed by atoms with Crippen molar-refractivity contribution in [2.24, 2.45) is 0 Å². The van der Waals surface area contributed by atoms with Gasteiger partial charge in [0.1, 0.15) is 0 Å². The molecule has 1 aromatic carbocycles. The van der Waals surface area contributed by atoms with Crippen LogP contribution in [0.5, 0.6) is 0 Å². The molecular formula is C19H20N4O2S2. The van der Waals surface area contributed by atoms with Crippen molar-refractivity contribution in [1.29, 1.82) is 0 Å². The number of carbonyl (C=O) groups is 2. The molecule has 27 heavy (non-hydrogen) atoms. The van der Waals surface area contributed by atoms with Gasteiger partial charge in [0.05, 0.1) is 15.8 Å². The fourth-order valence-corrected chi connectivity index (χ4v) is 4.22. The van der Waals surface area contributed by atoms with E-state index >= 15 is 0 Å². The van der Waals surface area contributed by atoms with Crippen molar-refractivity contribution >= 4 is 40.5 Å². The van der Waals surface area contributed by atoms with Crippen LogP contribution in [0.4, 0.5) is 5.69 Å². The van der Waals surface area contributed by atoms with Crippen molar-refractivity contribution in [1.82, 2.24) is 14.8 Å². The van der Waals surface area contributed by atoms with Gasteiger partial charge < -0.3 is 9.88 Å². The standard InChI is InChI=1S/C19H20N4O2S2/c1-4-23-17(16-10-7-11-26-16)21-22-19(23)27-13(3)18(25)20-15-9-6-5-8-14(15)12(2)24/h5-11,13H,4H2,1-3H3,(H,20,25)/t13-/m0/s1. The minimum absolute atomic E-state index is 0.0856. The molecule has 2 heterocycles. The first-order valence-corrected chi connectivity index (χ1v) is 10.3. The molecule has 0 fully saturated rings. The van der Waals surface area contributed by atoms with Gasteiger partial charge in [-0.3, -0.25) is 9.59 Å². The average Bonchev–Trinajstić information content (AvgIpc) is 3.31. The highest BCUT2D eigenvalue weighted by molar-refractivity contribution is 8.00. The van der Waals surface area contributed by atoms with E-state index in [2.05, 4.69) is 15.5 Å². The molecule has 0 aliphatic heterocycles. The SMILES string of the molecule is CCn1c(S[C@@H](C)C(=O)Nc2ccccc2C(C)=O)nnc1-c1cccs1. The minimum atomic E-state index is -0.393. The van der Waals surface area contributed by atoms with Crippen molar-refractivity contribution in [3.05, 3.63) is 47.3 Å². The molecule has 0 spiro atoms. The maximum Gasteiger partial charge on any atom is 0.237 e. The Balaban J connectivity index is 1.75. The van der Waals surface area contributed by atoms with Crippen LogP contribution in [0.25, 0.3) is 10.7 Å². The van der Waals surface area contributed by atoms with Gasteiger partial charge in [0, 0.05) is 12.1 Å². The Hall–Kier alpha value is -2.45. The monoisotopic (exact) mass is 400 g/mol. The van der Waals surface area contributed by atoms with Crippen molar-refractivity contribution in [3.63, 3.8) is 0 Å². The number of Topliss-reactive ketones (excluding diaryl/α,β-unsaturated/α-hetero) is 1. The molecule has 1 atom stereocenters. The highest BCUT2D eigenvalue weighted by atomic mass is 32.2. The summed E-state index contributed by atoms with van der Waals surface area (Å²) in [6.45, 7) is 6.04. The number of para-hydroxylation sites is 1. The number of carbonyl (C=O) groups excluding carboxylic acids is 2. The van der Waals surface area contributed by atoms with Crippen LogP contribution in [0, 0.1) is 0 Å². The number of thioether (sulfide) groups is 1. The zero-order chi connectivity index (χ0) is 19.4. The van der Waals surface area contributed by atoms with Crippen LogP contribution in [0.15, 0.2) is 46.9 Å². The fraction of sp³-hybridized carbons (Fsp3) is 0.263. The van der Waals surface area contributed by atoms with E-state index in [1.807, 2.05) is 35.9 Å². The maximum atomic E-state index is 12.6. The van der Waals surface area contributed by atoms with Crippen LogP contribution in [0.1, 0.15) is 31.1 Å². The van der Waals surface area contributed by atoms with Crippen molar-refractivity contribution in [2.75, 3.05) is 5.32 Å². The van der Waals surface area contributed by atoms with Gasteiger partial charge >= 0.3 is 0 Å². The number of nitrogens with one attached hydrogen (secondary N) is 1. The lowest BCUT2D eigenvalue weighted by molar-refractivity contribution is -0.115. The summed E-state index contributed by atoms with van der Waals surface area (Å²) in [6, 6.07) is 11.0. The zero-order valence-corrected chi connectivity index (χ0v) is 16.9. The molecule has 0 bridgehead atoms. The molecule has 1 amide bonds. The summed E-state index contributed by atoms with van der Waals surface area (Å²) in [6.07, 6.45) is 0. The highest BCUT2D eigenvalue weighted by Crippen LogP contribution is 2.29. The maximum absolute atomic E-state index is 12.6. The Morgan fingerprint density at radius 1 is 1.22 bits per heavy atom. The van der Waals surface area contributed by atoms with Crippen molar-refractivity contribution < 1.29 is 9.59 Å². The Bertz CT molecular complexity index is 951. The smallest absolute Gasteiger partial charge is 0.237 e. The second-order valence-corrected chi connectivity index (χ2v) is 8.13. The lowest BCUT2D eigenvalue weighted by Crippen LogP contribution is -2.24. The summed E-state index contributed by atoms with van der Waals surface area (Å²) in [4.78, 5) is 25.4. The largest absolute Gasteiger partial charge is 0.324 e. The van der Waals surface area contributed by atoms with Gasteiger partial charge in [0.15, 0.2) is 16.8 Å². The molecule has 6 nitrogen and oxygen atoms in total. The van der Waals surface area contributed by atoms with Gasteiger partial charge in [-0.05, 0) is 44.4 Å². The third kappa shape index (κ3) is 4.28. The number of nitrogens with zero attached hydrogens (tertiary/aromatic N) is 3. The summed E-state index contributed by atoms with van der Waals surface area (Å²) >= 11 is 2.96. The van der Waals surface area contributed by atoms with Gasteiger partial charge in [-0.1, -0.05) is 30.0 Å². The van der Waals surface area contributed by atoms with Crippen LogP contribution in [0.3, 0.4) is 0 Å². The number of ketones is 1. The highest BCUT2D eigenvalue weighted by Gasteiger charge is 2.21. The van der Waals surface area contributed by atoms with Gasteiger partial charge in [-0.25, -0.2) is 0 Å². The summed E-state index contributed by atoms with van der Waals surface area (Å²) in [5.41, 5.74) is 1.03. The van der Waals surface area contributed by atoms with E-state index in [1.165, 1.54) is 18.7 Å². The van der Waals surface area contributed by atoms with Crippen LogP contribution >= 0.6 is 23.1 Å².